The smallest absolute Gasteiger partial charge is 0.269 e. The van der Waals surface area contributed by atoms with Crippen molar-refractivity contribution >= 4 is 11.6 Å². The van der Waals surface area contributed by atoms with Gasteiger partial charge in [0.25, 0.3) is 11.6 Å². The summed E-state index contributed by atoms with van der Waals surface area (Å²) in [6, 6.07) is 13.6. The van der Waals surface area contributed by atoms with Crippen LogP contribution in [0.4, 0.5) is 5.69 Å². The Bertz CT molecular complexity index is 681. The highest BCUT2D eigenvalue weighted by atomic mass is 16.6. The van der Waals surface area contributed by atoms with E-state index in [1.807, 2.05) is 31.2 Å². The third-order valence-electron chi connectivity index (χ3n) is 3.38. The molecule has 0 saturated heterocycles. The molecule has 0 N–H and O–H groups in total. The minimum Gasteiger partial charge on any atom is -0.484 e. The number of aryl methyl sites for hydroxylation is 1. The van der Waals surface area contributed by atoms with Crippen LogP contribution in [0.1, 0.15) is 11.1 Å². The van der Waals surface area contributed by atoms with Gasteiger partial charge in [-0.3, -0.25) is 14.9 Å². The number of non-ortho nitro benzene ring substituents is 1. The first-order chi connectivity index (χ1) is 11.0. The first kappa shape index (κ1) is 16.5. The van der Waals surface area contributed by atoms with Crippen molar-refractivity contribution in [1.82, 2.24) is 4.90 Å². The van der Waals surface area contributed by atoms with E-state index < -0.39 is 4.92 Å². The molecule has 0 aliphatic rings. The zero-order chi connectivity index (χ0) is 16.8. The molecule has 2 aromatic carbocycles. The number of ether oxygens (including phenoxy) is 1. The van der Waals surface area contributed by atoms with Crippen molar-refractivity contribution in [3.63, 3.8) is 0 Å². The molecule has 0 aliphatic carbocycles. The Morgan fingerprint density at radius 1 is 1.13 bits per heavy atom. The molecule has 0 unspecified atom stereocenters. The van der Waals surface area contributed by atoms with Gasteiger partial charge < -0.3 is 9.64 Å². The minimum absolute atomic E-state index is 0.0137. The lowest BCUT2D eigenvalue weighted by Gasteiger charge is -2.17. The van der Waals surface area contributed by atoms with Crippen LogP contribution in [0.15, 0.2) is 48.5 Å². The van der Waals surface area contributed by atoms with Gasteiger partial charge in [-0.2, -0.15) is 0 Å². The SMILES string of the molecule is Cc1ccc(CN(C)C(=O)COc2ccc([N+](=O)[O-])cc2)cc1. The molecule has 2 aromatic rings. The molecular weight excluding hydrogens is 296 g/mol. The third kappa shape index (κ3) is 4.81. The lowest BCUT2D eigenvalue weighted by Crippen LogP contribution is -2.30. The quantitative estimate of drug-likeness (QED) is 0.607. The van der Waals surface area contributed by atoms with E-state index in [4.69, 9.17) is 4.74 Å². The second-order valence-electron chi connectivity index (χ2n) is 5.28. The van der Waals surface area contributed by atoms with Crippen LogP contribution in [0.2, 0.25) is 0 Å². The molecular formula is C17H18N2O4. The van der Waals surface area contributed by atoms with Crippen molar-refractivity contribution in [3.8, 4) is 5.75 Å². The molecule has 0 radical (unpaired) electrons. The number of likely N-dealkylation sites (N-methyl/N-ethyl adjacent to an activating group) is 1. The molecule has 0 aliphatic heterocycles. The summed E-state index contributed by atoms with van der Waals surface area (Å²) in [6.07, 6.45) is 0. The minimum atomic E-state index is -0.482. The summed E-state index contributed by atoms with van der Waals surface area (Å²) in [5.41, 5.74) is 2.20. The van der Waals surface area contributed by atoms with Crippen LogP contribution >= 0.6 is 0 Å². The van der Waals surface area contributed by atoms with Crippen LogP contribution in [-0.2, 0) is 11.3 Å². The molecule has 0 bridgehead atoms. The van der Waals surface area contributed by atoms with Crippen LogP contribution < -0.4 is 4.74 Å². The zero-order valence-corrected chi connectivity index (χ0v) is 13.1. The van der Waals surface area contributed by atoms with Gasteiger partial charge in [-0.15, -0.1) is 0 Å². The molecule has 6 heteroatoms. The Labute approximate surface area is 134 Å². The summed E-state index contributed by atoms with van der Waals surface area (Å²) in [5, 5.41) is 10.6. The van der Waals surface area contributed by atoms with Crippen LogP contribution in [0.3, 0.4) is 0 Å². The number of carbonyl (C=O) groups is 1. The van der Waals surface area contributed by atoms with Crippen molar-refractivity contribution in [2.45, 2.75) is 13.5 Å². The molecule has 1 amide bonds. The first-order valence-electron chi connectivity index (χ1n) is 7.12. The standard InChI is InChI=1S/C17H18N2O4/c1-13-3-5-14(6-4-13)11-18(2)17(20)12-23-16-9-7-15(8-10-16)19(21)22/h3-10H,11-12H2,1-2H3. The number of rotatable bonds is 6. The Balaban J connectivity index is 1.86. The fourth-order valence-corrected chi connectivity index (χ4v) is 1.97. The van der Waals surface area contributed by atoms with Gasteiger partial charge in [0.2, 0.25) is 0 Å². The molecule has 0 heterocycles. The fourth-order valence-electron chi connectivity index (χ4n) is 1.97. The van der Waals surface area contributed by atoms with E-state index in [1.54, 1.807) is 11.9 Å². The van der Waals surface area contributed by atoms with Crippen LogP contribution in [0, 0.1) is 17.0 Å². The average molecular weight is 314 g/mol. The van der Waals surface area contributed by atoms with Gasteiger partial charge in [0.15, 0.2) is 6.61 Å². The van der Waals surface area contributed by atoms with Crippen molar-refractivity contribution in [1.29, 1.82) is 0 Å². The molecule has 0 fully saturated rings. The monoisotopic (exact) mass is 314 g/mol. The molecule has 120 valence electrons. The summed E-state index contributed by atoms with van der Waals surface area (Å²) in [4.78, 5) is 23.7. The average Bonchev–Trinajstić information content (AvgIpc) is 2.55. The maximum absolute atomic E-state index is 12.1. The molecule has 6 nitrogen and oxygen atoms in total. The van der Waals surface area contributed by atoms with Crippen LogP contribution in [0.5, 0.6) is 5.75 Å². The third-order valence-corrected chi connectivity index (χ3v) is 3.38. The Hall–Kier alpha value is -2.89. The first-order valence-corrected chi connectivity index (χ1v) is 7.12. The molecule has 2 rings (SSSR count). The summed E-state index contributed by atoms with van der Waals surface area (Å²) in [7, 11) is 1.71. The highest BCUT2D eigenvalue weighted by Gasteiger charge is 2.11. The van der Waals surface area contributed by atoms with E-state index in [2.05, 4.69) is 0 Å². The summed E-state index contributed by atoms with van der Waals surface area (Å²) in [5.74, 6) is 0.261. The predicted molar refractivity (Wildman–Crippen MR) is 86.2 cm³/mol. The van der Waals surface area contributed by atoms with E-state index in [-0.39, 0.29) is 18.2 Å². The number of amides is 1. The van der Waals surface area contributed by atoms with E-state index in [0.29, 0.717) is 12.3 Å². The molecule has 0 saturated carbocycles. The molecule has 0 aromatic heterocycles. The number of nitrogens with zero attached hydrogens (tertiary/aromatic N) is 2. The molecule has 0 spiro atoms. The zero-order valence-electron chi connectivity index (χ0n) is 13.1. The van der Waals surface area contributed by atoms with Crippen molar-refractivity contribution in [2.24, 2.45) is 0 Å². The van der Waals surface area contributed by atoms with Gasteiger partial charge >= 0.3 is 0 Å². The van der Waals surface area contributed by atoms with Gasteiger partial charge in [-0.1, -0.05) is 29.8 Å². The summed E-state index contributed by atoms with van der Waals surface area (Å²) >= 11 is 0. The second-order valence-corrected chi connectivity index (χ2v) is 5.28. The lowest BCUT2D eigenvalue weighted by molar-refractivity contribution is -0.384. The summed E-state index contributed by atoms with van der Waals surface area (Å²) in [6.45, 7) is 2.40. The maximum Gasteiger partial charge on any atom is 0.269 e. The normalized spacial score (nSPS) is 10.2. The van der Waals surface area contributed by atoms with E-state index in [9.17, 15) is 14.9 Å². The number of nitro benzene ring substituents is 1. The topological polar surface area (TPSA) is 72.7 Å². The largest absolute Gasteiger partial charge is 0.484 e. The number of hydrogen-bond donors (Lipinski definition) is 0. The lowest BCUT2D eigenvalue weighted by atomic mass is 10.1. The van der Waals surface area contributed by atoms with Crippen molar-refractivity contribution < 1.29 is 14.5 Å². The van der Waals surface area contributed by atoms with E-state index >= 15 is 0 Å². The summed E-state index contributed by atoms with van der Waals surface area (Å²) < 4.78 is 5.37. The molecule has 23 heavy (non-hydrogen) atoms. The van der Waals surface area contributed by atoms with Crippen molar-refractivity contribution in [2.75, 3.05) is 13.7 Å². The van der Waals surface area contributed by atoms with Gasteiger partial charge in [-0.05, 0) is 24.6 Å². The van der Waals surface area contributed by atoms with Crippen molar-refractivity contribution in [3.05, 3.63) is 69.8 Å². The number of hydrogen-bond acceptors (Lipinski definition) is 4. The van der Waals surface area contributed by atoms with Crippen LogP contribution in [-0.4, -0.2) is 29.4 Å². The van der Waals surface area contributed by atoms with Gasteiger partial charge in [0, 0.05) is 25.7 Å². The maximum atomic E-state index is 12.1. The van der Waals surface area contributed by atoms with Gasteiger partial charge in [0.1, 0.15) is 5.75 Å². The second kappa shape index (κ2) is 7.40. The Morgan fingerprint density at radius 2 is 1.74 bits per heavy atom. The Morgan fingerprint density at radius 3 is 2.30 bits per heavy atom. The Kier molecular flexibility index (Phi) is 5.30. The van der Waals surface area contributed by atoms with Gasteiger partial charge in [0.05, 0.1) is 4.92 Å². The van der Waals surface area contributed by atoms with E-state index in [0.717, 1.165) is 5.56 Å². The predicted octanol–water partition coefficient (Wildman–Crippen LogP) is 2.94. The molecule has 0 atom stereocenters. The number of benzene rings is 2. The fraction of sp³-hybridized carbons (Fsp3) is 0.235. The van der Waals surface area contributed by atoms with Crippen LogP contribution in [0.25, 0.3) is 0 Å². The highest BCUT2D eigenvalue weighted by Crippen LogP contribution is 2.17. The van der Waals surface area contributed by atoms with E-state index in [1.165, 1.54) is 29.8 Å². The van der Waals surface area contributed by atoms with Gasteiger partial charge in [-0.25, -0.2) is 0 Å². The highest BCUT2D eigenvalue weighted by molar-refractivity contribution is 5.77. The number of carbonyl (C=O) groups excluding carboxylic acids is 1. The number of nitro groups is 1.